The third-order valence-corrected chi connectivity index (χ3v) is 4.42. The summed E-state index contributed by atoms with van der Waals surface area (Å²) in [5, 5.41) is 4.20. The van der Waals surface area contributed by atoms with Gasteiger partial charge in [-0.15, -0.1) is 0 Å². The van der Waals surface area contributed by atoms with E-state index in [1.807, 2.05) is 18.2 Å². The number of carbonyl (C=O) groups is 2. The van der Waals surface area contributed by atoms with Crippen molar-refractivity contribution in [2.45, 2.75) is 19.4 Å². The highest BCUT2D eigenvalue weighted by molar-refractivity contribution is 5.90. The molecular formula is C20H17FN4O3. The molecule has 0 aliphatic carbocycles. The van der Waals surface area contributed by atoms with E-state index >= 15 is 0 Å². The Morgan fingerprint density at radius 2 is 2.18 bits per heavy atom. The second-order valence-electron chi connectivity index (χ2n) is 6.55. The zero-order valence-electron chi connectivity index (χ0n) is 15.1. The van der Waals surface area contributed by atoms with E-state index in [-0.39, 0.29) is 24.4 Å². The van der Waals surface area contributed by atoms with Gasteiger partial charge in [0.2, 0.25) is 0 Å². The highest BCUT2D eigenvalue weighted by Crippen LogP contribution is 2.27. The molecule has 0 radical (unpaired) electrons. The summed E-state index contributed by atoms with van der Waals surface area (Å²) < 4.78 is 21.3. The molecule has 3 heterocycles. The normalized spacial score (nSPS) is 16.3. The number of ether oxygens (including phenoxy) is 1. The van der Waals surface area contributed by atoms with Crippen LogP contribution in [-0.2, 0) is 9.53 Å². The number of hydrogen-bond donors (Lipinski definition) is 0. The lowest BCUT2D eigenvalue weighted by atomic mass is 10.2. The average Bonchev–Trinajstić information content (AvgIpc) is 3.29. The molecule has 0 N–H and O–H groups in total. The van der Waals surface area contributed by atoms with Gasteiger partial charge in [-0.25, -0.2) is 13.9 Å². The quantitative estimate of drug-likeness (QED) is 0.678. The summed E-state index contributed by atoms with van der Waals surface area (Å²) in [6.45, 7) is 1.65. The molecule has 1 amide bonds. The van der Waals surface area contributed by atoms with Crippen molar-refractivity contribution < 1.29 is 18.7 Å². The van der Waals surface area contributed by atoms with Crippen molar-refractivity contribution in [3.8, 4) is 16.9 Å². The Labute approximate surface area is 160 Å². The summed E-state index contributed by atoms with van der Waals surface area (Å²) in [7, 11) is 0. The molecule has 1 aromatic carbocycles. The van der Waals surface area contributed by atoms with Gasteiger partial charge in [0, 0.05) is 24.4 Å². The maximum Gasteiger partial charge on any atom is 0.414 e. The van der Waals surface area contributed by atoms with Crippen LogP contribution in [0.15, 0.2) is 55.0 Å². The fourth-order valence-corrected chi connectivity index (χ4v) is 3.13. The smallest absolute Gasteiger partial charge is 0.414 e. The topological polar surface area (TPSA) is 77.3 Å². The molecule has 1 aliphatic heterocycles. The first kappa shape index (κ1) is 17.8. The number of benzene rings is 1. The standard InChI is InChI=1S/C20H17FN4O3/c1-13(26)8-16-12-24(20(27)28-16)15-5-6-19(17(21)9-15)25-11-14(10-23-25)18-4-2-3-7-22-18/h2-7,9-11,16H,8,12H2,1H3/t16-/m0/s1. The van der Waals surface area contributed by atoms with Gasteiger partial charge in [0.1, 0.15) is 17.6 Å². The Bertz CT molecular complexity index is 1030. The molecule has 1 fully saturated rings. The largest absolute Gasteiger partial charge is 0.443 e. The van der Waals surface area contributed by atoms with E-state index < -0.39 is 18.0 Å². The lowest BCUT2D eigenvalue weighted by Gasteiger charge is -2.14. The minimum absolute atomic E-state index is 0.0661. The van der Waals surface area contributed by atoms with E-state index in [0.717, 1.165) is 11.3 Å². The first-order valence-electron chi connectivity index (χ1n) is 8.75. The molecular weight excluding hydrogens is 363 g/mol. The minimum atomic E-state index is -0.588. The molecule has 1 saturated heterocycles. The number of pyridine rings is 1. The molecule has 0 spiro atoms. The SMILES string of the molecule is CC(=O)C[C@H]1CN(c2ccc(-n3cc(-c4ccccn4)cn3)c(F)c2)C(=O)O1. The van der Waals surface area contributed by atoms with Gasteiger partial charge >= 0.3 is 6.09 Å². The van der Waals surface area contributed by atoms with Crippen LogP contribution in [0, 0.1) is 5.82 Å². The molecule has 1 aliphatic rings. The number of nitrogens with zero attached hydrogens (tertiary/aromatic N) is 4. The highest BCUT2D eigenvalue weighted by Gasteiger charge is 2.33. The van der Waals surface area contributed by atoms with Crippen LogP contribution >= 0.6 is 0 Å². The van der Waals surface area contributed by atoms with E-state index in [0.29, 0.717) is 5.69 Å². The summed E-state index contributed by atoms with van der Waals surface area (Å²) in [5.74, 6) is -0.598. The van der Waals surface area contributed by atoms with Crippen molar-refractivity contribution in [2.24, 2.45) is 0 Å². The van der Waals surface area contributed by atoms with Crippen LogP contribution < -0.4 is 4.90 Å². The molecule has 3 aromatic rings. The number of Topliss-reactive ketones (excluding diaryl/α,β-unsaturated/α-hetero) is 1. The number of carbonyl (C=O) groups excluding carboxylic acids is 2. The molecule has 142 valence electrons. The van der Waals surface area contributed by atoms with Gasteiger partial charge in [0.05, 0.1) is 24.1 Å². The van der Waals surface area contributed by atoms with Crippen molar-refractivity contribution in [1.82, 2.24) is 14.8 Å². The highest BCUT2D eigenvalue weighted by atomic mass is 19.1. The Hall–Kier alpha value is -3.55. The fraction of sp³-hybridized carbons (Fsp3) is 0.200. The van der Waals surface area contributed by atoms with Crippen LogP contribution in [0.1, 0.15) is 13.3 Å². The van der Waals surface area contributed by atoms with Crippen molar-refractivity contribution >= 4 is 17.6 Å². The Kier molecular flexibility index (Phi) is 4.60. The molecule has 28 heavy (non-hydrogen) atoms. The molecule has 4 rings (SSSR count). The molecule has 2 aromatic heterocycles. The summed E-state index contributed by atoms with van der Waals surface area (Å²) >= 11 is 0. The van der Waals surface area contributed by atoms with E-state index in [2.05, 4.69) is 10.1 Å². The zero-order chi connectivity index (χ0) is 19.7. The van der Waals surface area contributed by atoms with Crippen molar-refractivity contribution in [3.63, 3.8) is 0 Å². The number of aromatic nitrogens is 3. The van der Waals surface area contributed by atoms with E-state index in [4.69, 9.17) is 4.74 Å². The molecule has 0 unspecified atom stereocenters. The van der Waals surface area contributed by atoms with Crippen molar-refractivity contribution in [2.75, 3.05) is 11.4 Å². The van der Waals surface area contributed by atoms with Crippen molar-refractivity contribution in [1.29, 1.82) is 0 Å². The summed E-state index contributed by atoms with van der Waals surface area (Å²) in [6, 6.07) is 9.95. The van der Waals surface area contributed by atoms with Crippen LogP contribution in [0.2, 0.25) is 0 Å². The lowest BCUT2D eigenvalue weighted by Crippen LogP contribution is -2.25. The van der Waals surface area contributed by atoms with Crippen LogP contribution in [0.25, 0.3) is 16.9 Å². The Morgan fingerprint density at radius 3 is 2.89 bits per heavy atom. The number of amides is 1. The molecule has 7 nitrogen and oxygen atoms in total. The van der Waals surface area contributed by atoms with Gasteiger partial charge in [0.25, 0.3) is 0 Å². The number of anilines is 1. The van der Waals surface area contributed by atoms with E-state index in [1.165, 1.54) is 22.6 Å². The molecule has 1 atom stereocenters. The average molecular weight is 380 g/mol. The van der Waals surface area contributed by atoms with Crippen molar-refractivity contribution in [3.05, 3.63) is 60.8 Å². The lowest BCUT2D eigenvalue weighted by molar-refractivity contribution is -0.118. The van der Waals surface area contributed by atoms with Crippen LogP contribution in [0.4, 0.5) is 14.9 Å². The number of ketones is 1. The van der Waals surface area contributed by atoms with Gasteiger partial charge in [-0.2, -0.15) is 5.10 Å². The number of hydrogen-bond acceptors (Lipinski definition) is 5. The van der Waals surface area contributed by atoms with Crippen LogP contribution in [-0.4, -0.2) is 39.3 Å². The summed E-state index contributed by atoms with van der Waals surface area (Å²) in [5.41, 5.74) is 2.12. The van der Waals surface area contributed by atoms with E-state index in [1.54, 1.807) is 30.7 Å². The van der Waals surface area contributed by atoms with Crippen LogP contribution in [0.3, 0.4) is 0 Å². The van der Waals surface area contributed by atoms with Gasteiger partial charge < -0.3 is 4.74 Å². The first-order chi connectivity index (χ1) is 13.5. The predicted octanol–water partition coefficient (Wildman–Crippen LogP) is 3.38. The van der Waals surface area contributed by atoms with E-state index in [9.17, 15) is 14.0 Å². The number of halogens is 1. The third-order valence-electron chi connectivity index (χ3n) is 4.42. The first-order valence-corrected chi connectivity index (χ1v) is 8.75. The summed E-state index contributed by atoms with van der Waals surface area (Å²) in [4.78, 5) is 28.8. The summed E-state index contributed by atoms with van der Waals surface area (Å²) in [6.07, 6.45) is 4.02. The fourth-order valence-electron chi connectivity index (χ4n) is 3.13. The van der Waals surface area contributed by atoms with Gasteiger partial charge in [-0.3, -0.25) is 14.7 Å². The maximum absolute atomic E-state index is 14.7. The second-order valence-corrected chi connectivity index (χ2v) is 6.55. The van der Waals surface area contributed by atoms with Crippen LogP contribution in [0.5, 0.6) is 0 Å². The Balaban J connectivity index is 1.57. The maximum atomic E-state index is 14.7. The predicted molar refractivity (Wildman–Crippen MR) is 99.7 cm³/mol. The van der Waals surface area contributed by atoms with Gasteiger partial charge in [0.15, 0.2) is 5.82 Å². The number of rotatable bonds is 5. The number of cyclic esters (lactones) is 1. The second kappa shape index (κ2) is 7.22. The third kappa shape index (κ3) is 3.48. The Morgan fingerprint density at radius 1 is 1.32 bits per heavy atom. The monoisotopic (exact) mass is 380 g/mol. The molecule has 0 saturated carbocycles. The van der Waals surface area contributed by atoms with Gasteiger partial charge in [-0.05, 0) is 37.3 Å². The molecule has 0 bridgehead atoms. The zero-order valence-corrected chi connectivity index (χ0v) is 15.1. The molecule has 8 heteroatoms. The minimum Gasteiger partial charge on any atom is -0.443 e. The van der Waals surface area contributed by atoms with Gasteiger partial charge in [-0.1, -0.05) is 6.07 Å².